The van der Waals surface area contributed by atoms with Crippen LogP contribution in [-0.2, 0) is 16.4 Å². The number of aromatic carboxylic acids is 1. The molecule has 5 nitrogen and oxygen atoms in total. The molecule has 1 aromatic heterocycles. The third kappa shape index (κ3) is 4.13. The average molecular weight is 390 g/mol. The zero-order valence-electron chi connectivity index (χ0n) is 10.7. The lowest BCUT2D eigenvalue weighted by Gasteiger charge is -2.09. The summed E-state index contributed by atoms with van der Waals surface area (Å²) in [5.41, 5.74) is -0.0724. The molecule has 8 heteroatoms. The highest BCUT2D eigenvalue weighted by molar-refractivity contribution is 9.10. The summed E-state index contributed by atoms with van der Waals surface area (Å²) in [6, 6.07) is 7.73. The van der Waals surface area contributed by atoms with Crippen LogP contribution in [0.15, 0.2) is 45.1 Å². The van der Waals surface area contributed by atoms with Crippen molar-refractivity contribution in [1.29, 1.82) is 0 Å². The van der Waals surface area contributed by atoms with E-state index in [9.17, 15) is 13.2 Å². The van der Waals surface area contributed by atoms with Gasteiger partial charge in [-0.3, -0.25) is 0 Å². The second-order valence-electron chi connectivity index (χ2n) is 4.18. The second-order valence-corrected chi connectivity index (χ2v) is 7.80. The SMILES string of the molecule is O=C(O)c1ccc(Br)c(S(=O)(=O)NCCc2cccs2)c1. The highest BCUT2D eigenvalue weighted by atomic mass is 79.9. The number of halogens is 1. The number of benzene rings is 1. The number of hydrogen-bond acceptors (Lipinski definition) is 4. The first-order valence-electron chi connectivity index (χ1n) is 5.95. The normalized spacial score (nSPS) is 11.5. The third-order valence-electron chi connectivity index (χ3n) is 2.71. The molecule has 0 radical (unpaired) electrons. The number of carbonyl (C=O) groups is 1. The van der Waals surface area contributed by atoms with Gasteiger partial charge in [0.05, 0.1) is 10.5 Å². The summed E-state index contributed by atoms with van der Waals surface area (Å²) in [5.74, 6) is -1.17. The summed E-state index contributed by atoms with van der Waals surface area (Å²) in [4.78, 5) is 11.9. The van der Waals surface area contributed by atoms with Gasteiger partial charge in [-0.1, -0.05) is 6.07 Å². The number of sulfonamides is 1. The third-order valence-corrected chi connectivity index (χ3v) is 6.10. The van der Waals surface area contributed by atoms with Crippen LogP contribution >= 0.6 is 27.3 Å². The number of nitrogens with one attached hydrogen (secondary N) is 1. The summed E-state index contributed by atoms with van der Waals surface area (Å²) in [6.07, 6.45) is 0.590. The lowest BCUT2D eigenvalue weighted by atomic mass is 10.2. The Bertz CT molecular complexity index is 742. The fourth-order valence-electron chi connectivity index (χ4n) is 1.68. The molecular weight excluding hydrogens is 378 g/mol. The van der Waals surface area contributed by atoms with Gasteiger partial charge in [0.1, 0.15) is 0 Å². The van der Waals surface area contributed by atoms with E-state index in [-0.39, 0.29) is 17.0 Å². The van der Waals surface area contributed by atoms with E-state index in [4.69, 9.17) is 5.11 Å². The predicted octanol–water partition coefficient (Wildman–Crippen LogP) is 2.73. The van der Waals surface area contributed by atoms with Crippen LogP contribution < -0.4 is 4.72 Å². The molecule has 0 fully saturated rings. The molecule has 0 bridgehead atoms. The smallest absolute Gasteiger partial charge is 0.335 e. The molecule has 0 spiro atoms. The summed E-state index contributed by atoms with van der Waals surface area (Å²) in [5, 5.41) is 10.9. The average Bonchev–Trinajstić information content (AvgIpc) is 2.91. The molecular formula is C13H12BrNO4S2. The fraction of sp³-hybridized carbons (Fsp3) is 0.154. The molecule has 0 aliphatic rings. The van der Waals surface area contributed by atoms with Gasteiger partial charge in [0.15, 0.2) is 0 Å². The Morgan fingerprint density at radius 1 is 1.33 bits per heavy atom. The highest BCUT2D eigenvalue weighted by Gasteiger charge is 2.19. The van der Waals surface area contributed by atoms with Gasteiger partial charge < -0.3 is 5.11 Å². The van der Waals surface area contributed by atoms with Crippen molar-refractivity contribution in [3.63, 3.8) is 0 Å². The molecule has 0 unspecified atom stereocenters. The number of carboxylic acids is 1. The molecule has 0 saturated heterocycles. The Morgan fingerprint density at radius 2 is 2.10 bits per heavy atom. The first-order chi connectivity index (χ1) is 9.90. The van der Waals surface area contributed by atoms with Crippen molar-refractivity contribution < 1.29 is 18.3 Å². The minimum Gasteiger partial charge on any atom is -0.478 e. The molecule has 2 N–H and O–H groups in total. The van der Waals surface area contributed by atoms with Gasteiger partial charge in [0, 0.05) is 15.9 Å². The fourth-order valence-corrected chi connectivity index (χ4v) is 4.41. The molecule has 0 aliphatic carbocycles. The number of rotatable bonds is 6. The van der Waals surface area contributed by atoms with E-state index in [0.29, 0.717) is 10.9 Å². The van der Waals surface area contributed by atoms with Gasteiger partial charge in [0.25, 0.3) is 0 Å². The van der Waals surface area contributed by atoms with E-state index in [1.54, 1.807) is 11.3 Å². The van der Waals surface area contributed by atoms with E-state index < -0.39 is 16.0 Å². The second kappa shape index (κ2) is 6.69. The quantitative estimate of drug-likeness (QED) is 0.795. The van der Waals surface area contributed by atoms with E-state index in [2.05, 4.69) is 20.7 Å². The minimum absolute atomic E-state index is 0.0724. The zero-order valence-corrected chi connectivity index (χ0v) is 14.0. The van der Waals surface area contributed by atoms with Crippen molar-refractivity contribution in [1.82, 2.24) is 4.72 Å². The van der Waals surface area contributed by atoms with E-state index >= 15 is 0 Å². The predicted molar refractivity (Wildman–Crippen MR) is 84.3 cm³/mol. The van der Waals surface area contributed by atoms with Crippen LogP contribution in [0.5, 0.6) is 0 Å². The first-order valence-corrected chi connectivity index (χ1v) is 9.10. The van der Waals surface area contributed by atoms with Crippen molar-refractivity contribution in [3.8, 4) is 0 Å². The molecule has 2 rings (SSSR count). The Kier molecular flexibility index (Phi) is 5.15. The standard InChI is InChI=1S/C13H12BrNO4S2/c14-11-4-3-9(13(16)17)8-12(11)21(18,19)15-6-5-10-2-1-7-20-10/h1-4,7-8,15H,5-6H2,(H,16,17). The van der Waals surface area contributed by atoms with Gasteiger partial charge in [-0.15, -0.1) is 11.3 Å². The van der Waals surface area contributed by atoms with Crippen LogP contribution in [0.2, 0.25) is 0 Å². The minimum atomic E-state index is -3.76. The van der Waals surface area contributed by atoms with Gasteiger partial charge in [0.2, 0.25) is 10.0 Å². The van der Waals surface area contributed by atoms with Crippen molar-refractivity contribution in [2.45, 2.75) is 11.3 Å². The van der Waals surface area contributed by atoms with E-state index in [1.807, 2.05) is 17.5 Å². The van der Waals surface area contributed by atoms with Crippen LogP contribution in [0.25, 0.3) is 0 Å². The van der Waals surface area contributed by atoms with E-state index in [1.165, 1.54) is 12.1 Å². The Labute approximate surface area is 134 Å². The largest absolute Gasteiger partial charge is 0.478 e. The summed E-state index contributed by atoms with van der Waals surface area (Å²) in [7, 11) is -3.76. The van der Waals surface area contributed by atoms with Gasteiger partial charge in [-0.2, -0.15) is 0 Å². The zero-order chi connectivity index (χ0) is 15.5. The topological polar surface area (TPSA) is 83.5 Å². The highest BCUT2D eigenvalue weighted by Crippen LogP contribution is 2.23. The Balaban J connectivity index is 2.15. The van der Waals surface area contributed by atoms with Crippen molar-refractivity contribution >= 4 is 43.3 Å². The Hall–Kier alpha value is -1.22. The molecule has 2 aromatic rings. The lowest BCUT2D eigenvalue weighted by Crippen LogP contribution is -2.26. The van der Waals surface area contributed by atoms with Crippen molar-refractivity contribution in [2.24, 2.45) is 0 Å². The van der Waals surface area contributed by atoms with Gasteiger partial charge in [-0.25, -0.2) is 17.9 Å². The van der Waals surface area contributed by atoms with Crippen LogP contribution in [-0.4, -0.2) is 26.0 Å². The van der Waals surface area contributed by atoms with E-state index in [0.717, 1.165) is 10.9 Å². The van der Waals surface area contributed by atoms with Crippen LogP contribution in [0, 0.1) is 0 Å². The van der Waals surface area contributed by atoms with Crippen LogP contribution in [0.1, 0.15) is 15.2 Å². The monoisotopic (exact) mass is 389 g/mol. The summed E-state index contributed by atoms with van der Waals surface area (Å²) >= 11 is 4.69. The van der Waals surface area contributed by atoms with Crippen molar-refractivity contribution in [2.75, 3.05) is 6.54 Å². The van der Waals surface area contributed by atoms with Crippen molar-refractivity contribution in [3.05, 3.63) is 50.6 Å². The summed E-state index contributed by atoms with van der Waals surface area (Å²) < 4.78 is 27.3. The molecule has 1 aromatic carbocycles. The van der Waals surface area contributed by atoms with Crippen LogP contribution in [0.4, 0.5) is 0 Å². The molecule has 1 heterocycles. The maximum atomic E-state index is 12.2. The molecule has 21 heavy (non-hydrogen) atoms. The molecule has 112 valence electrons. The number of hydrogen-bond donors (Lipinski definition) is 2. The lowest BCUT2D eigenvalue weighted by molar-refractivity contribution is 0.0696. The molecule has 0 aliphatic heterocycles. The number of thiophene rings is 1. The van der Waals surface area contributed by atoms with Gasteiger partial charge in [-0.05, 0) is 52.0 Å². The summed E-state index contributed by atoms with van der Waals surface area (Å²) in [6.45, 7) is 0.257. The first kappa shape index (κ1) is 16.2. The van der Waals surface area contributed by atoms with Gasteiger partial charge >= 0.3 is 5.97 Å². The maximum Gasteiger partial charge on any atom is 0.335 e. The number of carboxylic acid groups (broad SMARTS) is 1. The molecule has 0 saturated carbocycles. The Morgan fingerprint density at radius 3 is 2.71 bits per heavy atom. The molecule has 0 amide bonds. The van der Waals surface area contributed by atoms with Crippen LogP contribution in [0.3, 0.4) is 0 Å². The maximum absolute atomic E-state index is 12.2. The molecule has 0 atom stereocenters.